The van der Waals surface area contributed by atoms with E-state index < -0.39 is 6.04 Å². The molecule has 1 aliphatic heterocycles. The Morgan fingerprint density at radius 1 is 1.50 bits per heavy atom. The van der Waals surface area contributed by atoms with E-state index in [1.807, 2.05) is 13.0 Å². The first-order chi connectivity index (χ1) is 8.60. The number of pyridine rings is 1. The zero-order valence-corrected chi connectivity index (χ0v) is 10.3. The molecular formula is C12H15N3O3. The van der Waals surface area contributed by atoms with E-state index in [-0.39, 0.29) is 11.8 Å². The van der Waals surface area contributed by atoms with Crippen LogP contribution in [0, 0.1) is 6.92 Å². The van der Waals surface area contributed by atoms with Crippen LogP contribution >= 0.6 is 0 Å². The van der Waals surface area contributed by atoms with Gasteiger partial charge in [-0.15, -0.1) is 0 Å². The predicted molar refractivity (Wildman–Crippen MR) is 65.3 cm³/mol. The lowest BCUT2D eigenvalue weighted by Crippen LogP contribution is -2.47. The maximum atomic E-state index is 11.6. The van der Waals surface area contributed by atoms with E-state index in [2.05, 4.69) is 15.6 Å². The van der Waals surface area contributed by atoms with Gasteiger partial charge in [-0.1, -0.05) is 0 Å². The molecule has 2 amide bonds. The molecule has 2 rings (SSSR count). The van der Waals surface area contributed by atoms with Crippen molar-refractivity contribution >= 4 is 17.5 Å². The Kier molecular flexibility index (Phi) is 3.45. The molecule has 0 bridgehead atoms. The summed E-state index contributed by atoms with van der Waals surface area (Å²) in [5.41, 5.74) is 1.53. The highest BCUT2D eigenvalue weighted by molar-refractivity contribution is 6.01. The summed E-state index contributed by atoms with van der Waals surface area (Å²) in [7, 11) is 1.54. The highest BCUT2D eigenvalue weighted by Crippen LogP contribution is 2.25. The molecule has 1 saturated heterocycles. The quantitative estimate of drug-likeness (QED) is 0.767. The van der Waals surface area contributed by atoms with Gasteiger partial charge in [0.25, 0.3) is 0 Å². The number of nitrogens with zero attached hydrogens (tertiary/aromatic N) is 1. The van der Waals surface area contributed by atoms with Gasteiger partial charge < -0.3 is 10.1 Å². The highest BCUT2D eigenvalue weighted by Gasteiger charge is 2.27. The topological polar surface area (TPSA) is 80.3 Å². The van der Waals surface area contributed by atoms with Crippen molar-refractivity contribution in [2.45, 2.75) is 25.8 Å². The van der Waals surface area contributed by atoms with E-state index in [1.165, 1.54) is 0 Å². The fraction of sp³-hybridized carbons (Fsp3) is 0.417. The predicted octanol–water partition coefficient (Wildman–Crippen LogP) is 0.616. The van der Waals surface area contributed by atoms with E-state index in [0.29, 0.717) is 24.3 Å². The molecule has 0 aliphatic carbocycles. The van der Waals surface area contributed by atoms with Gasteiger partial charge in [0.2, 0.25) is 11.8 Å². The number of aromatic nitrogens is 1. The van der Waals surface area contributed by atoms with Gasteiger partial charge in [-0.05, 0) is 19.4 Å². The first kappa shape index (κ1) is 12.3. The molecule has 1 aromatic rings. The molecule has 18 heavy (non-hydrogen) atoms. The molecule has 1 aromatic heterocycles. The van der Waals surface area contributed by atoms with Crippen LogP contribution in [0.2, 0.25) is 0 Å². The van der Waals surface area contributed by atoms with Crippen molar-refractivity contribution in [3.8, 4) is 5.75 Å². The standard InChI is InChI=1S/C12H15N3O3/c1-7-5-9(10(18-2)6-13-7)14-8-3-4-11(16)15-12(8)17/h5-6,8H,3-4H2,1-2H3,(H,13,14)(H,15,16,17). The number of anilines is 1. The fourth-order valence-corrected chi connectivity index (χ4v) is 1.84. The van der Waals surface area contributed by atoms with Crippen LogP contribution < -0.4 is 15.4 Å². The summed E-state index contributed by atoms with van der Waals surface area (Å²) in [4.78, 5) is 26.8. The maximum absolute atomic E-state index is 11.6. The molecule has 1 fully saturated rings. The Labute approximate surface area is 105 Å². The molecule has 0 radical (unpaired) electrons. The van der Waals surface area contributed by atoms with E-state index in [0.717, 1.165) is 5.69 Å². The van der Waals surface area contributed by atoms with Gasteiger partial charge in [-0.25, -0.2) is 0 Å². The number of carbonyl (C=O) groups excluding carboxylic acids is 2. The molecule has 1 unspecified atom stereocenters. The van der Waals surface area contributed by atoms with Crippen molar-refractivity contribution < 1.29 is 14.3 Å². The fourth-order valence-electron chi connectivity index (χ4n) is 1.84. The van der Waals surface area contributed by atoms with E-state index in [1.54, 1.807) is 13.3 Å². The number of aryl methyl sites for hydroxylation is 1. The SMILES string of the molecule is COc1cnc(C)cc1NC1CCC(=O)NC1=O. The molecule has 0 aromatic carbocycles. The van der Waals surface area contributed by atoms with Crippen LogP contribution in [-0.4, -0.2) is 29.9 Å². The summed E-state index contributed by atoms with van der Waals surface area (Å²) < 4.78 is 5.17. The Balaban J connectivity index is 2.16. The summed E-state index contributed by atoms with van der Waals surface area (Å²) in [5, 5.41) is 5.39. The summed E-state index contributed by atoms with van der Waals surface area (Å²) in [5.74, 6) is 0.0454. The van der Waals surface area contributed by atoms with E-state index in [9.17, 15) is 9.59 Å². The van der Waals surface area contributed by atoms with Crippen molar-refractivity contribution in [2.75, 3.05) is 12.4 Å². The molecule has 2 N–H and O–H groups in total. The average Bonchev–Trinajstić information content (AvgIpc) is 2.33. The molecule has 6 nitrogen and oxygen atoms in total. The van der Waals surface area contributed by atoms with Crippen LogP contribution in [0.5, 0.6) is 5.75 Å². The van der Waals surface area contributed by atoms with Gasteiger partial charge in [0.1, 0.15) is 6.04 Å². The summed E-state index contributed by atoms with van der Waals surface area (Å²) in [6.45, 7) is 1.86. The second kappa shape index (κ2) is 5.03. The number of carbonyl (C=O) groups is 2. The minimum Gasteiger partial charge on any atom is -0.493 e. The zero-order chi connectivity index (χ0) is 13.1. The lowest BCUT2D eigenvalue weighted by molar-refractivity contribution is -0.133. The summed E-state index contributed by atoms with van der Waals surface area (Å²) >= 11 is 0. The molecule has 0 saturated carbocycles. The maximum Gasteiger partial charge on any atom is 0.249 e. The molecule has 1 aliphatic rings. The lowest BCUT2D eigenvalue weighted by atomic mass is 10.1. The highest BCUT2D eigenvalue weighted by atomic mass is 16.5. The number of ether oxygens (including phenoxy) is 1. The van der Waals surface area contributed by atoms with E-state index in [4.69, 9.17) is 4.74 Å². The first-order valence-corrected chi connectivity index (χ1v) is 5.71. The van der Waals surface area contributed by atoms with Gasteiger partial charge in [0.15, 0.2) is 5.75 Å². The van der Waals surface area contributed by atoms with Crippen molar-refractivity contribution in [3.63, 3.8) is 0 Å². The van der Waals surface area contributed by atoms with Crippen molar-refractivity contribution in [1.82, 2.24) is 10.3 Å². The third-order valence-corrected chi connectivity index (χ3v) is 2.79. The Morgan fingerprint density at radius 3 is 2.94 bits per heavy atom. The van der Waals surface area contributed by atoms with Gasteiger partial charge in [-0.3, -0.25) is 19.9 Å². The summed E-state index contributed by atoms with van der Waals surface area (Å²) in [6, 6.07) is 1.39. The Bertz CT molecular complexity index is 487. The van der Waals surface area contributed by atoms with Crippen molar-refractivity contribution in [1.29, 1.82) is 0 Å². The zero-order valence-electron chi connectivity index (χ0n) is 10.3. The molecule has 6 heteroatoms. The van der Waals surface area contributed by atoms with E-state index >= 15 is 0 Å². The van der Waals surface area contributed by atoms with Gasteiger partial charge in [0.05, 0.1) is 19.0 Å². The normalized spacial score (nSPS) is 19.3. The minimum atomic E-state index is -0.418. The molecule has 1 atom stereocenters. The Morgan fingerprint density at radius 2 is 2.28 bits per heavy atom. The largest absolute Gasteiger partial charge is 0.493 e. The molecular weight excluding hydrogens is 234 g/mol. The molecule has 0 spiro atoms. The number of piperidine rings is 1. The van der Waals surface area contributed by atoms with Gasteiger partial charge in [-0.2, -0.15) is 0 Å². The molecule has 96 valence electrons. The smallest absolute Gasteiger partial charge is 0.249 e. The number of nitrogens with one attached hydrogen (secondary N) is 2. The number of methoxy groups -OCH3 is 1. The Hall–Kier alpha value is -2.11. The number of rotatable bonds is 3. The van der Waals surface area contributed by atoms with Gasteiger partial charge >= 0.3 is 0 Å². The number of amides is 2. The second-order valence-electron chi connectivity index (χ2n) is 4.17. The van der Waals surface area contributed by atoms with Crippen LogP contribution in [0.4, 0.5) is 5.69 Å². The number of hydrogen-bond donors (Lipinski definition) is 2. The monoisotopic (exact) mass is 249 g/mol. The van der Waals surface area contributed by atoms with Crippen LogP contribution in [-0.2, 0) is 9.59 Å². The summed E-state index contributed by atoms with van der Waals surface area (Å²) in [6.07, 6.45) is 2.43. The number of imide groups is 1. The van der Waals surface area contributed by atoms with Crippen LogP contribution in [0.25, 0.3) is 0 Å². The number of hydrogen-bond acceptors (Lipinski definition) is 5. The molecule has 2 heterocycles. The third kappa shape index (κ3) is 2.58. The van der Waals surface area contributed by atoms with Crippen LogP contribution in [0.15, 0.2) is 12.3 Å². The van der Waals surface area contributed by atoms with Crippen molar-refractivity contribution in [3.05, 3.63) is 18.0 Å². The minimum absolute atomic E-state index is 0.226. The third-order valence-electron chi connectivity index (χ3n) is 2.79. The van der Waals surface area contributed by atoms with Crippen molar-refractivity contribution in [2.24, 2.45) is 0 Å². The second-order valence-corrected chi connectivity index (χ2v) is 4.17. The van der Waals surface area contributed by atoms with Crippen LogP contribution in [0.1, 0.15) is 18.5 Å². The first-order valence-electron chi connectivity index (χ1n) is 5.71. The van der Waals surface area contributed by atoms with Crippen LogP contribution in [0.3, 0.4) is 0 Å². The lowest BCUT2D eigenvalue weighted by Gasteiger charge is -2.23. The average molecular weight is 249 g/mol. The van der Waals surface area contributed by atoms with Gasteiger partial charge in [0, 0.05) is 12.1 Å².